The third-order valence-electron chi connectivity index (χ3n) is 9.71. The second-order valence-corrected chi connectivity index (χ2v) is 13.1. The monoisotopic (exact) mass is 594 g/mol. The zero-order valence-corrected chi connectivity index (χ0v) is 25.0. The highest BCUT2D eigenvalue weighted by Crippen LogP contribution is 2.59. The number of nitrogens with zero attached hydrogens (tertiary/aromatic N) is 4. The number of urea groups is 1. The fraction of sp³-hybridized carbons (Fsp3) is 0.613. The van der Waals surface area contributed by atoms with Gasteiger partial charge < -0.3 is 34.6 Å². The van der Waals surface area contributed by atoms with Crippen LogP contribution in [0.4, 0.5) is 20.8 Å². The smallest absolute Gasteiger partial charge is 0.319 e. The molecule has 3 amide bonds. The molecular formula is C31H39FN6O5. The Morgan fingerprint density at radius 3 is 2.63 bits per heavy atom. The number of fused-ring (bicyclic) bond motifs is 1. The van der Waals surface area contributed by atoms with Crippen molar-refractivity contribution < 1.29 is 28.2 Å². The van der Waals surface area contributed by atoms with E-state index in [1.165, 1.54) is 12.1 Å². The Morgan fingerprint density at radius 1 is 1.14 bits per heavy atom. The summed E-state index contributed by atoms with van der Waals surface area (Å²) >= 11 is 0. The number of nitrogens with one attached hydrogen (secondary N) is 2. The number of benzene rings is 1. The van der Waals surface area contributed by atoms with Gasteiger partial charge in [0.1, 0.15) is 17.0 Å². The van der Waals surface area contributed by atoms with Crippen molar-refractivity contribution in [2.75, 3.05) is 56.2 Å². The molecule has 2 aromatic rings. The highest BCUT2D eigenvalue weighted by molar-refractivity contribution is 6.03. The molecule has 5 aliphatic rings. The Labute approximate surface area is 250 Å². The predicted octanol–water partition coefficient (Wildman–Crippen LogP) is 3.83. The van der Waals surface area contributed by atoms with Gasteiger partial charge in [0.2, 0.25) is 11.8 Å². The molecule has 2 N–H and O–H groups in total. The van der Waals surface area contributed by atoms with Gasteiger partial charge in [0, 0.05) is 50.4 Å². The van der Waals surface area contributed by atoms with E-state index in [0.717, 1.165) is 32.2 Å². The molecule has 11 nitrogen and oxygen atoms in total. The van der Waals surface area contributed by atoms with E-state index in [4.69, 9.17) is 24.2 Å². The van der Waals surface area contributed by atoms with Crippen molar-refractivity contribution >= 4 is 23.6 Å². The molecule has 1 aliphatic carbocycles. The van der Waals surface area contributed by atoms with Gasteiger partial charge in [-0.25, -0.2) is 14.2 Å². The SMILES string of the molecule is CCN1CC(C)(C)Oc2nc(N3CC4OC5CCC54C3)nc(-c3ccc(NC(=O)NCC4CCOCC4)c(F)c3)c2C1=O. The first-order valence-electron chi connectivity index (χ1n) is 15.4. The quantitative estimate of drug-likeness (QED) is 0.518. The number of hydrogen-bond acceptors (Lipinski definition) is 8. The Morgan fingerprint density at radius 2 is 1.95 bits per heavy atom. The minimum Gasteiger partial charge on any atom is -0.469 e. The molecule has 0 radical (unpaired) electrons. The van der Waals surface area contributed by atoms with Gasteiger partial charge in [0.25, 0.3) is 5.91 Å². The lowest BCUT2D eigenvalue weighted by molar-refractivity contribution is -0.279. The summed E-state index contributed by atoms with van der Waals surface area (Å²) in [5.74, 6) is 0.0844. The summed E-state index contributed by atoms with van der Waals surface area (Å²) in [6.45, 7) is 9.92. The lowest BCUT2D eigenvalue weighted by Crippen LogP contribution is -2.65. The average Bonchev–Trinajstić information content (AvgIpc) is 3.31. The van der Waals surface area contributed by atoms with E-state index in [0.29, 0.717) is 68.6 Å². The summed E-state index contributed by atoms with van der Waals surface area (Å²) < 4.78 is 33.3. The van der Waals surface area contributed by atoms with E-state index < -0.39 is 17.4 Å². The van der Waals surface area contributed by atoms with Crippen molar-refractivity contribution in [1.29, 1.82) is 0 Å². The van der Waals surface area contributed by atoms with Crippen LogP contribution in [0.5, 0.6) is 5.88 Å². The predicted molar refractivity (Wildman–Crippen MR) is 157 cm³/mol. The van der Waals surface area contributed by atoms with Crippen LogP contribution in [0.1, 0.15) is 56.8 Å². The molecule has 7 rings (SSSR count). The second-order valence-electron chi connectivity index (χ2n) is 13.1. The van der Waals surface area contributed by atoms with Crippen molar-refractivity contribution in [3.8, 4) is 17.1 Å². The molecular weight excluding hydrogens is 555 g/mol. The molecule has 3 saturated heterocycles. The minimum absolute atomic E-state index is 0.0379. The fourth-order valence-electron chi connectivity index (χ4n) is 7.15. The van der Waals surface area contributed by atoms with Gasteiger partial charge in [-0.05, 0) is 64.5 Å². The van der Waals surface area contributed by atoms with E-state index in [-0.39, 0.29) is 34.6 Å². The van der Waals surface area contributed by atoms with Crippen molar-refractivity contribution in [3.63, 3.8) is 0 Å². The average molecular weight is 595 g/mol. The maximum absolute atomic E-state index is 15.5. The molecule has 230 valence electrons. The lowest BCUT2D eigenvalue weighted by Gasteiger charge is -2.59. The van der Waals surface area contributed by atoms with Crippen LogP contribution in [0.15, 0.2) is 18.2 Å². The number of halogens is 1. The highest BCUT2D eigenvalue weighted by Gasteiger charge is 2.66. The Bertz CT molecular complexity index is 1450. The molecule has 43 heavy (non-hydrogen) atoms. The van der Waals surface area contributed by atoms with Crippen LogP contribution in [0.3, 0.4) is 0 Å². The first-order valence-corrected chi connectivity index (χ1v) is 15.4. The number of carbonyl (C=O) groups excluding carboxylic acids is 2. The van der Waals surface area contributed by atoms with Crippen LogP contribution in [0.25, 0.3) is 11.3 Å². The molecule has 5 heterocycles. The van der Waals surface area contributed by atoms with Crippen LogP contribution in [0, 0.1) is 17.2 Å². The number of ether oxygens (including phenoxy) is 3. The van der Waals surface area contributed by atoms with E-state index in [1.807, 2.05) is 20.8 Å². The van der Waals surface area contributed by atoms with E-state index in [2.05, 4.69) is 15.5 Å². The molecule has 4 aliphatic heterocycles. The van der Waals surface area contributed by atoms with Crippen molar-refractivity contribution in [1.82, 2.24) is 20.2 Å². The summed E-state index contributed by atoms with van der Waals surface area (Å²) in [4.78, 5) is 39.9. The van der Waals surface area contributed by atoms with Gasteiger partial charge in [-0.3, -0.25) is 4.79 Å². The topological polar surface area (TPSA) is 118 Å². The van der Waals surface area contributed by atoms with Crippen LogP contribution in [-0.2, 0) is 9.47 Å². The summed E-state index contributed by atoms with van der Waals surface area (Å²) in [5, 5.41) is 5.45. The van der Waals surface area contributed by atoms with E-state index in [1.54, 1.807) is 11.0 Å². The van der Waals surface area contributed by atoms with Crippen LogP contribution >= 0.6 is 0 Å². The van der Waals surface area contributed by atoms with Gasteiger partial charge in [-0.2, -0.15) is 4.98 Å². The largest absolute Gasteiger partial charge is 0.469 e. The van der Waals surface area contributed by atoms with Gasteiger partial charge in [-0.1, -0.05) is 6.07 Å². The number of anilines is 2. The van der Waals surface area contributed by atoms with Crippen LogP contribution in [0.2, 0.25) is 0 Å². The summed E-state index contributed by atoms with van der Waals surface area (Å²) in [6, 6.07) is 4.00. The fourth-order valence-corrected chi connectivity index (χ4v) is 7.15. The molecule has 1 aromatic carbocycles. The van der Waals surface area contributed by atoms with Crippen molar-refractivity contribution in [2.24, 2.45) is 11.3 Å². The first kappa shape index (κ1) is 28.3. The normalized spacial score (nSPS) is 27.6. The standard InChI is InChI=1S/C31H39FN6O5/c1-4-37-16-30(2,3)43-26-24(27(37)39)25(35-28(36-26)38-15-23-31(17-38)10-7-22(31)42-23)19-5-6-21(20(32)13-19)34-29(40)33-14-18-8-11-41-12-9-18/h5-6,13,18,22-23H,4,7-12,14-17H2,1-3H3,(H2,33,34,40). The third-order valence-corrected chi connectivity index (χ3v) is 9.71. The van der Waals surface area contributed by atoms with E-state index >= 15 is 4.39 Å². The second kappa shape index (κ2) is 10.6. The number of aromatic nitrogens is 2. The number of likely N-dealkylation sites (N-methyl/N-ethyl adjacent to an activating group) is 1. The molecule has 12 heteroatoms. The first-order chi connectivity index (χ1) is 20.7. The molecule has 1 aromatic heterocycles. The minimum atomic E-state index is -0.693. The number of carbonyl (C=O) groups is 2. The van der Waals surface area contributed by atoms with Crippen LogP contribution in [-0.4, -0.2) is 90.6 Å². The maximum Gasteiger partial charge on any atom is 0.319 e. The van der Waals surface area contributed by atoms with Gasteiger partial charge >= 0.3 is 6.03 Å². The third kappa shape index (κ3) is 4.98. The van der Waals surface area contributed by atoms with E-state index in [9.17, 15) is 9.59 Å². The van der Waals surface area contributed by atoms with Gasteiger partial charge in [0.15, 0.2) is 0 Å². The molecule has 3 unspecified atom stereocenters. The lowest BCUT2D eigenvalue weighted by atomic mass is 9.60. The Kier molecular flexibility index (Phi) is 6.96. The Hall–Kier alpha value is -3.51. The number of hydrogen-bond donors (Lipinski definition) is 2. The molecule has 3 atom stereocenters. The number of amides is 3. The highest BCUT2D eigenvalue weighted by atomic mass is 19.1. The Balaban J connectivity index is 1.20. The summed E-state index contributed by atoms with van der Waals surface area (Å²) in [6.07, 6.45) is 4.40. The molecule has 1 spiro atoms. The molecule has 1 saturated carbocycles. The molecule has 4 fully saturated rings. The van der Waals surface area contributed by atoms with Crippen molar-refractivity contribution in [3.05, 3.63) is 29.6 Å². The number of rotatable bonds is 6. The van der Waals surface area contributed by atoms with Crippen molar-refractivity contribution in [2.45, 2.75) is 64.3 Å². The summed E-state index contributed by atoms with van der Waals surface area (Å²) in [7, 11) is 0. The maximum atomic E-state index is 15.5. The summed E-state index contributed by atoms with van der Waals surface area (Å²) in [5.41, 5.74) is 0.409. The van der Waals surface area contributed by atoms with Gasteiger partial charge in [0.05, 0.1) is 30.1 Å². The zero-order chi connectivity index (χ0) is 29.9. The zero-order valence-electron chi connectivity index (χ0n) is 25.0. The van der Waals surface area contributed by atoms with Gasteiger partial charge in [-0.15, -0.1) is 0 Å². The van der Waals surface area contributed by atoms with Crippen LogP contribution < -0.4 is 20.3 Å². The molecule has 0 bridgehead atoms.